The SMILES string of the molecule is C.CCCC(=O)Nc1ccc(-c2cc3ccccc3c(N3CCN(CC)CC3)n2)cn1. The molecule has 1 aromatic carbocycles. The number of carbonyl (C=O) groups excluding carboxylic acids is 1. The van der Waals surface area contributed by atoms with E-state index in [-0.39, 0.29) is 13.3 Å². The molecule has 0 spiro atoms. The van der Waals surface area contributed by atoms with Crippen LogP contribution < -0.4 is 10.2 Å². The highest BCUT2D eigenvalue weighted by Gasteiger charge is 2.19. The minimum absolute atomic E-state index is 0. The van der Waals surface area contributed by atoms with E-state index in [1.54, 1.807) is 6.20 Å². The Hall–Kier alpha value is -2.99. The summed E-state index contributed by atoms with van der Waals surface area (Å²) in [6, 6.07) is 14.4. The van der Waals surface area contributed by atoms with Crippen LogP contribution in [0.3, 0.4) is 0 Å². The number of fused-ring (bicyclic) bond motifs is 1. The molecule has 0 saturated carbocycles. The lowest BCUT2D eigenvalue weighted by Crippen LogP contribution is -2.46. The number of anilines is 2. The molecule has 1 amide bonds. The van der Waals surface area contributed by atoms with Gasteiger partial charge in [-0.15, -0.1) is 0 Å². The maximum atomic E-state index is 11.8. The van der Waals surface area contributed by atoms with E-state index < -0.39 is 0 Å². The molecule has 164 valence electrons. The van der Waals surface area contributed by atoms with Crippen LogP contribution in [0.5, 0.6) is 0 Å². The van der Waals surface area contributed by atoms with E-state index in [4.69, 9.17) is 4.98 Å². The van der Waals surface area contributed by atoms with Crippen LogP contribution in [0.4, 0.5) is 11.6 Å². The first-order valence-corrected chi connectivity index (χ1v) is 10.8. The predicted molar refractivity (Wildman–Crippen MR) is 130 cm³/mol. The van der Waals surface area contributed by atoms with Crippen molar-refractivity contribution in [1.82, 2.24) is 14.9 Å². The fourth-order valence-electron chi connectivity index (χ4n) is 3.90. The summed E-state index contributed by atoms with van der Waals surface area (Å²) >= 11 is 0. The minimum Gasteiger partial charge on any atom is -0.354 e. The van der Waals surface area contributed by atoms with E-state index in [9.17, 15) is 4.79 Å². The van der Waals surface area contributed by atoms with E-state index in [0.29, 0.717) is 12.2 Å². The van der Waals surface area contributed by atoms with Crippen LogP contribution in [0.25, 0.3) is 22.0 Å². The Labute approximate surface area is 185 Å². The van der Waals surface area contributed by atoms with Crippen molar-refractivity contribution in [3.8, 4) is 11.3 Å². The van der Waals surface area contributed by atoms with Crippen molar-refractivity contribution in [1.29, 1.82) is 0 Å². The number of hydrogen-bond acceptors (Lipinski definition) is 5. The van der Waals surface area contributed by atoms with Gasteiger partial charge in [0.15, 0.2) is 0 Å². The number of amides is 1. The van der Waals surface area contributed by atoms with Gasteiger partial charge in [0.05, 0.1) is 5.69 Å². The molecule has 0 radical (unpaired) electrons. The van der Waals surface area contributed by atoms with Gasteiger partial charge in [-0.1, -0.05) is 45.5 Å². The van der Waals surface area contributed by atoms with Gasteiger partial charge in [0, 0.05) is 49.7 Å². The highest BCUT2D eigenvalue weighted by atomic mass is 16.1. The number of likely N-dealkylation sites (N-methyl/N-ethyl adjacent to an activating group) is 1. The quantitative estimate of drug-likeness (QED) is 0.621. The number of pyridine rings is 2. The Morgan fingerprint density at radius 3 is 2.52 bits per heavy atom. The summed E-state index contributed by atoms with van der Waals surface area (Å²) in [5.74, 6) is 1.61. The van der Waals surface area contributed by atoms with E-state index in [1.807, 2.05) is 19.1 Å². The Morgan fingerprint density at radius 2 is 1.84 bits per heavy atom. The molecule has 0 bridgehead atoms. The molecule has 1 fully saturated rings. The van der Waals surface area contributed by atoms with Crippen LogP contribution in [0.1, 0.15) is 34.1 Å². The number of aromatic nitrogens is 2. The number of benzene rings is 1. The molecule has 0 aliphatic carbocycles. The van der Waals surface area contributed by atoms with Crippen molar-refractivity contribution < 1.29 is 4.79 Å². The van der Waals surface area contributed by atoms with Crippen molar-refractivity contribution >= 4 is 28.3 Å². The molecule has 0 unspecified atom stereocenters. The smallest absolute Gasteiger partial charge is 0.225 e. The van der Waals surface area contributed by atoms with Gasteiger partial charge in [0.25, 0.3) is 0 Å². The molecule has 1 N–H and O–H groups in total. The van der Waals surface area contributed by atoms with E-state index >= 15 is 0 Å². The monoisotopic (exact) mass is 419 g/mol. The third kappa shape index (κ3) is 5.20. The lowest BCUT2D eigenvalue weighted by atomic mass is 10.1. The number of nitrogens with zero attached hydrogens (tertiary/aromatic N) is 4. The number of nitrogens with one attached hydrogen (secondary N) is 1. The van der Waals surface area contributed by atoms with Gasteiger partial charge in [-0.25, -0.2) is 9.97 Å². The Morgan fingerprint density at radius 1 is 1.06 bits per heavy atom. The summed E-state index contributed by atoms with van der Waals surface area (Å²) in [7, 11) is 0. The summed E-state index contributed by atoms with van der Waals surface area (Å²) in [6.07, 6.45) is 3.11. The maximum absolute atomic E-state index is 11.8. The van der Waals surface area contributed by atoms with Gasteiger partial charge in [-0.3, -0.25) is 4.79 Å². The van der Waals surface area contributed by atoms with E-state index in [2.05, 4.69) is 57.4 Å². The fourth-order valence-corrected chi connectivity index (χ4v) is 3.90. The van der Waals surface area contributed by atoms with E-state index in [0.717, 1.165) is 56.2 Å². The first-order valence-electron chi connectivity index (χ1n) is 10.8. The molecule has 6 nitrogen and oxygen atoms in total. The fraction of sp³-hybridized carbons (Fsp3) is 0.400. The molecule has 0 atom stereocenters. The molecule has 1 saturated heterocycles. The van der Waals surface area contributed by atoms with Crippen LogP contribution in [-0.4, -0.2) is 53.5 Å². The average molecular weight is 420 g/mol. The molecule has 6 heteroatoms. The number of carbonyl (C=O) groups is 1. The van der Waals surface area contributed by atoms with Crippen molar-refractivity contribution in [2.75, 3.05) is 42.9 Å². The van der Waals surface area contributed by atoms with Crippen molar-refractivity contribution in [3.05, 3.63) is 48.7 Å². The lowest BCUT2D eigenvalue weighted by Gasteiger charge is -2.35. The van der Waals surface area contributed by atoms with Crippen molar-refractivity contribution in [2.45, 2.75) is 34.1 Å². The van der Waals surface area contributed by atoms with Gasteiger partial charge >= 0.3 is 0 Å². The van der Waals surface area contributed by atoms with Crippen molar-refractivity contribution in [2.24, 2.45) is 0 Å². The third-order valence-corrected chi connectivity index (χ3v) is 5.64. The molecule has 2 aromatic heterocycles. The molecular weight excluding hydrogens is 386 g/mol. The topological polar surface area (TPSA) is 61.4 Å². The molecule has 31 heavy (non-hydrogen) atoms. The summed E-state index contributed by atoms with van der Waals surface area (Å²) < 4.78 is 0. The summed E-state index contributed by atoms with van der Waals surface area (Å²) in [4.78, 5) is 26.1. The summed E-state index contributed by atoms with van der Waals surface area (Å²) in [5.41, 5.74) is 1.85. The van der Waals surface area contributed by atoms with E-state index in [1.165, 1.54) is 10.8 Å². The van der Waals surface area contributed by atoms with Gasteiger partial charge in [-0.05, 0) is 36.6 Å². The molecule has 3 aromatic rings. The number of rotatable bonds is 6. The van der Waals surface area contributed by atoms with Crippen LogP contribution >= 0.6 is 0 Å². The highest BCUT2D eigenvalue weighted by Crippen LogP contribution is 2.30. The largest absolute Gasteiger partial charge is 0.354 e. The second-order valence-electron chi connectivity index (χ2n) is 7.70. The maximum Gasteiger partial charge on any atom is 0.225 e. The van der Waals surface area contributed by atoms with Crippen LogP contribution in [0.2, 0.25) is 0 Å². The van der Waals surface area contributed by atoms with Gasteiger partial charge in [0.2, 0.25) is 5.91 Å². The van der Waals surface area contributed by atoms with Crippen LogP contribution in [-0.2, 0) is 4.79 Å². The molecule has 1 aliphatic rings. The van der Waals surface area contributed by atoms with Gasteiger partial charge in [0.1, 0.15) is 11.6 Å². The molecule has 1 aliphatic heterocycles. The minimum atomic E-state index is -0.00455. The average Bonchev–Trinajstić information content (AvgIpc) is 2.79. The zero-order chi connectivity index (χ0) is 20.9. The molecular formula is C25H33N5O. The second-order valence-corrected chi connectivity index (χ2v) is 7.70. The highest BCUT2D eigenvalue weighted by molar-refractivity contribution is 5.95. The predicted octanol–water partition coefficient (Wildman–Crippen LogP) is 4.81. The van der Waals surface area contributed by atoms with Crippen molar-refractivity contribution in [3.63, 3.8) is 0 Å². The first kappa shape index (κ1) is 22.7. The normalized spacial score (nSPS) is 14.3. The Bertz CT molecular complexity index is 1010. The Kier molecular flexibility index (Phi) is 7.58. The zero-order valence-electron chi connectivity index (χ0n) is 17.8. The standard InChI is InChI=1S/C24H29N5O.CH4/c1-3-7-23(30)27-22-11-10-19(17-25-22)21-16-18-8-5-6-9-20(18)24(26-21)29-14-12-28(4-2)13-15-29;/h5-6,8-11,16-17H,3-4,7,12-15H2,1-2H3,(H,25,27,30);1H4. The van der Waals surface area contributed by atoms with Crippen LogP contribution in [0.15, 0.2) is 48.7 Å². The number of hydrogen-bond donors (Lipinski definition) is 1. The lowest BCUT2D eigenvalue weighted by molar-refractivity contribution is -0.116. The Balaban J connectivity index is 0.00000272. The molecule has 3 heterocycles. The summed E-state index contributed by atoms with van der Waals surface area (Å²) in [6.45, 7) is 9.38. The summed E-state index contributed by atoms with van der Waals surface area (Å²) in [5, 5.41) is 5.20. The van der Waals surface area contributed by atoms with Crippen LogP contribution in [0, 0.1) is 0 Å². The third-order valence-electron chi connectivity index (χ3n) is 5.64. The zero-order valence-corrected chi connectivity index (χ0v) is 17.8. The van der Waals surface area contributed by atoms with Gasteiger partial charge < -0.3 is 15.1 Å². The van der Waals surface area contributed by atoms with Gasteiger partial charge in [-0.2, -0.15) is 0 Å². The first-order chi connectivity index (χ1) is 14.7. The number of piperazine rings is 1. The second kappa shape index (κ2) is 10.4. The molecule has 4 rings (SSSR count).